The van der Waals surface area contributed by atoms with Crippen LogP contribution in [0.25, 0.3) is 0 Å². The van der Waals surface area contributed by atoms with Crippen LogP contribution in [-0.4, -0.2) is 28.1 Å². The molecule has 23 heavy (non-hydrogen) atoms. The van der Waals surface area contributed by atoms with Crippen molar-refractivity contribution in [1.29, 1.82) is 0 Å². The van der Waals surface area contributed by atoms with Gasteiger partial charge in [-0.2, -0.15) is 5.10 Å². The van der Waals surface area contributed by atoms with Gasteiger partial charge in [0, 0.05) is 17.9 Å². The van der Waals surface area contributed by atoms with Crippen molar-refractivity contribution in [2.24, 2.45) is 0 Å². The molecule has 0 unspecified atom stereocenters. The third-order valence-electron chi connectivity index (χ3n) is 4.76. The summed E-state index contributed by atoms with van der Waals surface area (Å²) in [7, 11) is -0.427. The van der Waals surface area contributed by atoms with Crippen LogP contribution in [0.3, 0.4) is 0 Å². The number of rotatable bonds is 3. The maximum Gasteiger partial charge on any atom is 0.498 e. The van der Waals surface area contributed by atoms with Gasteiger partial charge in [0.25, 0.3) is 0 Å². The molecule has 0 atom stereocenters. The van der Waals surface area contributed by atoms with Crippen molar-refractivity contribution >= 4 is 12.6 Å². The van der Waals surface area contributed by atoms with Crippen molar-refractivity contribution in [2.75, 3.05) is 0 Å². The first-order valence-corrected chi connectivity index (χ1v) is 7.81. The quantitative estimate of drug-likeness (QED) is 0.817. The predicted octanol–water partition coefficient (Wildman–Crippen LogP) is 2.68. The predicted molar refractivity (Wildman–Crippen MR) is 88.2 cm³/mol. The van der Waals surface area contributed by atoms with Crippen LogP contribution in [0.4, 0.5) is 4.39 Å². The van der Waals surface area contributed by atoms with E-state index in [-0.39, 0.29) is 17.0 Å². The molecule has 1 fully saturated rings. The van der Waals surface area contributed by atoms with Crippen molar-refractivity contribution in [1.82, 2.24) is 9.78 Å². The van der Waals surface area contributed by atoms with Crippen molar-refractivity contribution in [2.45, 2.75) is 52.4 Å². The molecule has 4 nitrogen and oxygen atoms in total. The van der Waals surface area contributed by atoms with E-state index in [2.05, 4.69) is 5.10 Å². The molecule has 0 bridgehead atoms. The number of halogens is 1. The van der Waals surface area contributed by atoms with Gasteiger partial charge in [-0.25, -0.2) is 4.39 Å². The van der Waals surface area contributed by atoms with Gasteiger partial charge in [0.05, 0.1) is 17.7 Å². The summed E-state index contributed by atoms with van der Waals surface area (Å²) in [5.74, 6) is -0.194. The lowest BCUT2D eigenvalue weighted by Crippen LogP contribution is -2.41. The third-order valence-corrected chi connectivity index (χ3v) is 4.76. The lowest BCUT2D eigenvalue weighted by molar-refractivity contribution is 0.00578. The highest BCUT2D eigenvalue weighted by Crippen LogP contribution is 2.36. The van der Waals surface area contributed by atoms with Crippen LogP contribution in [0.15, 0.2) is 30.6 Å². The molecule has 2 aromatic rings. The maximum atomic E-state index is 13.6. The van der Waals surface area contributed by atoms with E-state index in [1.165, 1.54) is 0 Å². The zero-order valence-corrected chi connectivity index (χ0v) is 14.3. The Hall–Kier alpha value is -1.66. The lowest BCUT2D eigenvalue weighted by Gasteiger charge is -2.32. The number of aryl methyl sites for hydroxylation is 1. The van der Waals surface area contributed by atoms with E-state index in [0.717, 1.165) is 11.0 Å². The van der Waals surface area contributed by atoms with E-state index < -0.39 is 7.12 Å². The molecular formula is C17H22BFN2O2. The SMILES string of the molecule is Cc1ccc(Cn2cc(B3OC(C)(C)C(C)(C)O3)cn2)cc1F. The van der Waals surface area contributed by atoms with Crippen LogP contribution in [0.5, 0.6) is 0 Å². The summed E-state index contributed by atoms with van der Waals surface area (Å²) in [4.78, 5) is 0. The average molecular weight is 316 g/mol. The zero-order valence-electron chi connectivity index (χ0n) is 14.3. The van der Waals surface area contributed by atoms with E-state index in [4.69, 9.17) is 9.31 Å². The van der Waals surface area contributed by atoms with E-state index >= 15 is 0 Å². The first-order valence-electron chi connectivity index (χ1n) is 7.81. The summed E-state index contributed by atoms with van der Waals surface area (Å²) in [5.41, 5.74) is 1.64. The molecule has 2 heterocycles. The summed E-state index contributed by atoms with van der Waals surface area (Å²) in [6.45, 7) is 10.3. The van der Waals surface area contributed by atoms with Crippen molar-refractivity contribution in [3.05, 3.63) is 47.5 Å². The fourth-order valence-corrected chi connectivity index (χ4v) is 2.49. The topological polar surface area (TPSA) is 36.3 Å². The molecule has 122 valence electrons. The Labute approximate surface area is 136 Å². The first kappa shape index (κ1) is 16.2. The molecule has 6 heteroatoms. The fourth-order valence-electron chi connectivity index (χ4n) is 2.49. The van der Waals surface area contributed by atoms with Crippen LogP contribution in [0.2, 0.25) is 0 Å². The monoisotopic (exact) mass is 316 g/mol. The zero-order chi connectivity index (χ0) is 16.8. The molecule has 0 aliphatic carbocycles. The number of benzene rings is 1. The minimum Gasteiger partial charge on any atom is -0.399 e. The van der Waals surface area contributed by atoms with Gasteiger partial charge in [0.15, 0.2) is 0 Å². The third kappa shape index (κ3) is 3.05. The molecule has 1 aromatic heterocycles. The smallest absolute Gasteiger partial charge is 0.399 e. The summed E-state index contributed by atoms with van der Waals surface area (Å²) < 4.78 is 27.4. The van der Waals surface area contributed by atoms with Crippen LogP contribution < -0.4 is 5.46 Å². The maximum absolute atomic E-state index is 13.6. The Morgan fingerprint density at radius 2 is 1.83 bits per heavy atom. The second-order valence-electron chi connectivity index (χ2n) is 7.14. The number of hydrogen-bond acceptors (Lipinski definition) is 3. The van der Waals surface area contributed by atoms with Gasteiger partial charge in [-0.15, -0.1) is 0 Å². The molecule has 1 aromatic carbocycles. The van der Waals surface area contributed by atoms with Crippen molar-refractivity contribution < 1.29 is 13.7 Å². The number of nitrogens with zero attached hydrogens (tertiary/aromatic N) is 2. The molecule has 1 aliphatic rings. The summed E-state index contributed by atoms with van der Waals surface area (Å²) in [5, 5.41) is 4.34. The second-order valence-corrected chi connectivity index (χ2v) is 7.14. The van der Waals surface area contributed by atoms with Crippen LogP contribution >= 0.6 is 0 Å². The molecule has 1 saturated heterocycles. The number of aromatic nitrogens is 2. The van der Waals surface area contributed by atoms with Gasteiger partial charge in [-0.05, 0) is 51.8 Å². The summed E-state index contributed by atoms with van der Waals surface area (Å²) in [6, 6.07) is 5.24. The van der Waals surface area contributed by atoms with Crippen molar-refractivity contribution in [3.8, 4) is 0 Å². The molecule has 0 radical (unpaired) electrons. The fraction of sp³-hybridized carbons (Fsp3) is 0.471. The Kier molecular flexibility index (Phi) is 3.85. The van der Waals surface area contributed by atoms with Gasteiger partial charge >= 0.3 is 7.12 Å². The van der Waals surface area contributed by atoms with Crippen LogP contribution in [0.1, 0.15) is 38.8 Å². The van der Waals surface area contributed by atoms with E-state index in [1.807, 2.05) is 40.0 Å². The largest absolute Gasteiger partial charge is 0.498 e. The van der Waals surface area contributed by atoms with E-state index in [1.54, 1.807) is 29.9 Å². The van der Waals surface area contributed by atoms with Crippen molar-refractivity contribution in [3.63, 3.8) is 0 Å². The Bertz CT molecular complexity index is 711. The average Bonchev–Trinajstić information content (AvgIpc) is 2.97. The lowest BCUT2D eigenvalue weighted by atomic mass is 9.82. The summed E-state index contributed by atoms with van der Waals surface area (Å²) >= 11 is 0. The van der Waals surface area contributed by atoms with Gasteiger partial charge in [0.1, 0.15) is 5.82 Å². The highest BCUT2D eigenvalue weighted by molar-refractivity contribution is 6.61. The summed E-state index contributed by atoms with van der Waals surface area (Å²) in [6.07, 6.45) is 3.63. The highest BCUT2D eigenvalue weighted by Gasteiger charge is 2.52. The Balaban J connectivity index is 1.75. The van der Waals surface area contributed by atoms with E-state index in [9.17, 15) is 4.39 Å². The highest BCUT2D eigenvalue weighted by atomic mass is 19.1. The molecule has 0 N–H and O–H groups in total. The first-order chi connectivity index (χ1) is 10.7. The standard InChI is InChI=1S/C17H22BFN2O2/c1-12-6-7-13(8-15(12)19)10-21-11-14(9-20-21)18-22-16(2,3)17(4,5)23-18/h6-9,11H,10H2,1-5H3. The van der Waals surface area contributed by atoms with E-state index in [0.29, 0.717) is 12.1 Å². The Morgan fingerprint density at radius 1 is 1.17 bits per heavy atom. The van der Waals surface area contributed by atoms with Crippen LogP contribution in [0, 0.1) is 12.7 Å². The molecular weight excluding hydrogens is 294 g/mol. The second kappa shape index (κ2) is 5.46. The van der Waals surface area contributed by atoms with Gasteiger partial charge in [-0.3, -0.25) is 4.68 Å². The van der Waals surface area contributed by atoms with Gasteiger partial charge < -0.3 is 9.31 Å². The minimum atomic E-state index is -0.427. The molecule has 0 amide bonds. The van der Waals surface area contributed by atoms with Gasteiger partial charge in [0.2, 0.25) is 0 Å². The molecule has 3 rings (SSSR count). The normalized spacial score (nSPS) is 19.3. The number of hydrogen-bond donors (Lipinski definition) is 0. The van der Waals surface area contributed by atoms with Gasteiger partial charge in [-0.1, -0.05) is 12.1 Å². The molecule has 0 saturated carbocycles. The Morgan fingerprint density at radius 3 is 2.43 bits per heavy atom. The van der Waals surface area contributed by atoms with Crippen LogP contribution in [-0.2, 0) is 15.9 Å². The minimum absolute atomic E-state index is 0.194. The molecule has 1 aliphatic heterocycles. The molecule has 0 spiro atoms.